The third-order valence-electron chi connectivity index (χ3n) is 5.39. The van der Waals surface area contributed by atoms with Crippen LogP contribution in [0.3, 0.4) is 0 Å². The molecule has 1 aromatic carbocycles. The van der Waals surface area contributed by atoms with Gasteiger partial charge in [0.25, 0.3) is 0 Å². The third kappa shape index (κ3) is 4.83. The molecule has 156 valence electrons. The van der Waals surface area contributed by atoms with E-state index in [0.717, 1.165) is 17.7 Å². The van der Waals surface area contributed by atoms with Crippen molar-refractivity contribution in [2.75, 3.05) is 32.1 Å². The van der Waals surface area contributed by atoms with Gasteiger partial charge < -0.3 is 20.3 Å². The summed E-state index contributed by atoms with van der Waals surface area (Å²) in [7, 11) is 1.58. The van der Waals surface area contributed by atoms with Crippen molar-refractivity contribution in [3.8, 4) is 5.75 Å². The van der Waals surface area contributed by atoms with Crippen molar-refractivity contribution in [1.29, 1.82) is 0 Å². The lowest BCUT2D eigenvalue weighted by Gasteiger charge is -2.43. The number of carboxylic acid groups (broad SMARTS) is 1. The number of ether oxygens (including phenoxy) is 1. The minimum absolute atomic E-state index is 0.229. The third-order valence-corrected chi connectivity index (χ3v) is 5.39. The topological polar surface area (TPSA) is 108 Å². The smallest absolute Gasteiger partial charge is 0.313 e. The van der Waals surface area contributed by atoms with Crippen LogP contribution in [0.15, 0.2) is 36.7 Å². The first-order chi connectivity index (χ1) is 14.0. The summed E-state index contributed by atoms with van der Waals surface area (Å²) >= 11 is 0. The van der Waals surface area contributed by atoms with Gasteiger partial charge in [0.15, 0.2) is 0 Å². The molecule has 0 saturated carbocycles. The van der Waals surface area contributed by atoms with E-state index in [1.165, 1.54) is 0 Å². The standard InChI is InChI=1S/C21H28N4O4/c1-3-22-20-23-11-16(12-24-20)13-25-8-7-18(26)21(14-25,19(27)28)10-15-5-4-6-17(9-15)29-2/h4-6,9,11-12,18,26H,3,7-8,10,13-14H2,1-2H3,(H,27,28)(H,22,23,24)/t18-,21+/m0/s1. The maximum Gasteiger partial charge on any atom is 0.313 e. The van der Waals surface area contributed by atoms with E-state index in [-0.39, 0.29) is 13.0 Å². The number of benzene rings is 1. The quantitative estimate of drug-likeness (QED) is 0.616. The van der Waals surface area contributed by atoms with Gasteiger partial charge in [-0.2, -0.15) is 0 Å². The number of aliphatic hydroxyl groups excluding tert-OH is 1. The molecule has 3 rings (SSSR count). The Morgan fingerprint density at radius 1 is 1.34 bits per heavy atom. The van der Waals surface area contributed by atoms with Crippen molar-refractivity contribution in [2.45, 2.75) is 32.4 Å². The van der Waals surface area contributed by atoms with Crippen LogP contribution in [-0.2, 0) is 17.8 Å². The summed E-state index contributed by atoms with van der Waals surface area (Å²) in [5, 5.41) is 23.8. The number of hydrogen-bond donors (Lipinski definition) is 3. The Bertz CT molecular complexity index is 830. The first kappa shape index (κ1) is 21.0. The van der Waals surface area contributed by atoms with E-state index in [2.05, 4.69) is 15.3 Å². The predicted molar refractivity (Wildman–Crippen MR) is 109 cm³/mol. The zero-order valence-electron chi connectivity index (χ0n) is 16.8. The van der Waals surface area contributed by atoms with Gasteiger partial charge in [0.1, 0.15) is 11.2 Å². The summed E-state index contributed by atoms with van der Waals surface area (Å²) in [5.74, 6) is 0.252. The second kappa shape index (κ2) is 9.19. The molecule has 2 aromatic rings. The second-order valence-electron chi connectivity index (χ2n) is 7.45. The zero-order chi connectivity index (χ0) is 20.9. The minimum Gasteiger partial charge on any atom is -0.497 e. The predicted octanol–water partition coefficient (Wildman–Crippen LogP) is 1.80. The highest BCUT2D eigenvalue weighted by Crippen LogP contribution is 2.36. The molecule has 3 N–H and O–H groups in total. The Morgan fingerprint density at radius 3 is 2.76 bits per heavy atom. The molecule has 0 unspecified atom stereocenters. The first-order valence-electron chi connectivity index (χ1n) is 9.78. The number of aliphatic carboxylic acids is 1. The molecular formula is C21H28N4O4. The normalized spacial score (nSPS) is 22.2. The number of aromatic nitrogens is 2. The van der Waals surface area contributed by atoms with Gasteiger partial charge >= 0.3 is 5.97 Å². The molecule has 1 aliphatic heterocycles. The minimum atomic E-state index is -1.28. The van der Waals surface area contributed by atoms with E-state index in [1.54, 1.807) is 19.5 Å². The Labute approximate surface area is 170 Å². The average molecular weight is 400 g/mol. The Hall–Kier alpha value is -2.71. The molecule has 29 heavy (non-hydrogen) atoms. The largest absolute Gasteiger partial charge is 0.497 e. The van der Waals surface area contributed by atoms with E-state index in [0.29, 0.717) is 31.2 Å². The van der Waals surface area contributed by atoms with Gasteiger partial charge in [0, 0.05) is 44.1 Å². The number of likely N-dealkylation sites (tertiary alicyclic amines) is 1. The highest BCUT2D eigenvalue weighted by molar-refractivity contribution is 5.76. The zero-order valence-corrected chi connectivity index (χ0v) is 16.8. The van der Waals surface area contributed by atoms with Gasteiger partial charge in [0.2, 0.25) is 5.95 Å². The highest BCUT2D eigenvalue weighted by atomic mass is 16.5. The highest BCUT2D eigenvalue weighted by Gasteiger charge is 2.49. The Morgan fingerprint density at radius 2 is 2.10 bits per heavy atom. The molecule has 8 heteroatoms. The monoisotopic (exact) mass is 400 g/mol. The molecule has 0 radical (unpaired) electrons. The summed E-state index contributed by atoms with van der Waals surface area (Å²) in [6.07, 6.45) is 3.20. The number of carbonyl (C=O) groups is 1. The van der Waals surface area contributed by atoms with Gasteiger partial charge in [-0.25, -0.2) is 9.97 Å². The molecule has 0 spiro atoms. The van der Waals surface area contributed by atoms with Crippen molar-refractivity contribution < 1.29 is 19.7 Å². The molecule has 0 bridgehead atoms. The van der Waals surface area contributed by atoms with Crippen molar-refractivity contribution >= 4 is 11.9 Å². The SMILES string of the molecule is CCNc1ncc(CN2CC[C@H](O)[C@](Cc3cccc(OC)c3)(C(=O)O)C2)cn1. The van der Waals surface area contributed by atoms with Gasteiger partial charge in [0.05, 0.1) is 13.2 Å². The molecule has 2 heterocycles. The van der Waals surface area contributed by atoms with Crippen molar-refractivity contribution in [3.63, 3.8) is 0 Å². The number of methoxy groups -OCH3 is 1. The van der Waals surface area contributed by atoms with Crippen LogP contribution < -0.4 is 10.1 Å². The lowest BCUT2D eigenvalue weighted by Crippen LogP contribution is -2.56. The molecule has 1 aliphatic rings. The van der Waals surface area contributed by atoms with Crippen molar-refractivity contribution in [1.82, 2.24) is 14.9 Å². The van der Waals surface area contributed by atoms with Gasteiger partial charge in [-0.15, -0.1) is 0 Å². The summed E-state index contributed by atoms with van der Waals surface area (Å²) in [5.41, 5.74) is 0.449. The lowest BCUT2D eigenvalue weighted by atomic mass is 9.72. The fraction of sp³-hybridized carbons (Fsp3) is 0.476. The van der Waals surface area contributed by atoms with Crippen LogP contribution in [0, 0.1) is 5.41 Å². The number of carboxylic acids is 1. The van der Waals surface area contributed by atoms with Crippen molar-refractivity contribution in [2.24, 2.45) is 5.41 Å². The number of anilines is 1. The molecular weight excluding hydrogens is 372 g/mol. The Kier molecular flexibility index (Phi) is 6.66. The molecule has 2 atom stereocenters. The van der Waals surface area contributed by atoms with Crippen LogP contribution in [0.5, 0.6) is 5.75 Å². The maximum atomic E-state index is 12.3. The molecule has 8 nitrogen and oxygen atoms in total. The number of piperidine rings is 1. The number of rotatable bonds is 8. The van der Waals surface area contributed by atoms with E-state index in [9.17, 15) is 15.0 Å². The summed E-state index contributed by atoms with van der Waals surface area (Å²) in [6.45, 7) is 4.12. The van der Waals surface area contributed by atoms with Crippen LogP contribution in [0.1, 0.15) is 24.5 Å². The van der Waals surface area contributed by atoms with Crippen LogP contribution >= 0.6 is 0 Å². The van der Waals surface area contributed by atoms with E-state index < -0.39 is 17.5 Å². The first-order valence-corrected chi connectivity index (χ1v) is 9.78. The molecule has 0 aliphatic carbocycles. The summed E-state index contributed by atoms with van der Waals surface area (Å²) in [6, 6.07) is 7.34. The molecule has 1 aromatic heterocycles. The molecule has 1 saturated heterocycles. The van der Waals surface area contributed by atoms with E-state index in [4.69, 9.17) is 4.74 Å². The molecule has 1 fully saturated rings. The lowest BCUT2D eigenvalue weighted by molar-refractivity contribution is -0.163. The number of aliphatic hydroxyl groups is 1. The van der Waals surface area contributed by atoms with E-state index >= 15 is 0 Å². The molecule has 0 amide bonds. The number of nitrogens with one attached hydrogen (secondary N) is 1. The van der Waals surface area contributed by atoms with Crippen LogP contribution in [-0.4, -0.2) is 63.9 Å². The van der Waals surface area contributed by atoms with Crippen LogP contribution in [0.25, 0.3) is 0 Å². The average Bonchev–Trinajstić information content (AvgIpc) is 2.72. The van der Waals surface area contributed by atoms with Gasteiger partial charge in [-0.3, -0.25) is 9.69 Å². The van der Waals surface area contributed by atoms with Gasteiger partial charge in [-0.1, -0.05) is 12.1 Å². The Balaban J connectivity index is 1.78. The summed E-state index contributed by atoms with van der Waals surface area (Å²) in [4.78, 5) is 22.9. The maximum absolute atomic E-state index is 12.3. The van der Waals surface area contributed by atoms with Crippen LogP contribution in [0.2, 0.25) is 0 Å². The second-order valence-corrected chi connectivity index (χ2v) is 7.45. The fourth-order valence-electron chi connectivity index (χ4n) is 3.85. The van der Waals surface area contributed by atoms with Gasteiger partial charge in [-0.05, 0) is 37.5 Å². The number of nitrogens with zero attached hydrogens (tertiary/aromatic N) is 3. The fourth-order valence-corrected chi connectivity index (χ4v) is 3.85. The van der Waals surface area contributed by atoms with Crippen molar-refractivity contribution in [3.05, 3.63) is 47.8 Å². The van der Waals surface area contributed by atoms with E-state index in [1.807, 2.05) is 36.1 Å². The van der Waals surface area contributed by atoms with Crippen LogP contribution in [0.4, 0.5) is 5.95 Å². The summed E-state index contributed by atoms with van der Waals surface area (Å²) < 4.78 is 5.25. The number of hydrogen-bond acceptors (Lipinski definition) is 7.